The van der Waals surface area contributed by atoms with Crippen LogP contribution >= 0.6 is 0 Å². The fraction of sp³-hybridized carbons (Fsp3) is 0.143. The van der Waals surface area contributed by atoms with E-state index in [1.807, 2.05) is 0 Å². The topological polar surface area (TPSA) is 55.4 Å². The first-order valence-electron chi connectivity index (χ1n) is 3.50. The normalized spacial score (nSPS) is 18.2. The summed E-state index contributed by atoms with van der Waals surface area (Å²) in [5.74, 6) is -1.15. The SMILES string of the molecule is O=S1(=O)COc2c(F)cccc2N1. The summed E-state index contributed by atoms with van der Waals surface area (Å²) in [5, 5.41) is 0. The monoisotopic (exact) mass is 203 g/mol. The van der Waals surface area contributed by atoms with Crippen molar-refractivity contribution < 1.29 is 17.5 Å². The number of rotatable bonds is 0. The van der Waals surface area contributed by atoms with Crippen molar-refractivity contribution in [2.24, 2.45) is 0 Å². The Morgan fingerprint density at radius 1 is 1.46 bits per heavy atom. The van der Waals surface area contributed by atoms with Crippen molar-refractivity contribution in [3.63, 3.8) is 0 Å². The van der Waals surface area contributed by atoms with E-state index < -0.39 is 21.8 Å². The van der Waals surface area contributed by atoms with Crippen molar-refractivity contribution in [3.8, 4) is 5.75 Å². The molecule has 0 amide bonds. The van der Waals surface area contributed by atoms with Gasteiger partial charge < -0.3 is 4.74 Å². The maximum absolute atomic E-state index is 13.0. The van der Waals surface area contributed by atoms with Crippen LogP contribution in [0.15, 0.2) is 18.2 Å². The highest BCUT2D eigenvalue weighted by atomic mass is 32.2. The van der Waals surface area contributed by atoms with Crippen LogP contribution in [0.2, 0.25) is 0 Å². The van der Waals surface area contributed by atoms with E-state index in [0.29, 0.717) is 0 Å². The molecule has 1 heterocycles. The average Bonchev–Trinajstić information content (AvgIpc) is 2.02. The third-order valence-electron chi connectivity index (χ3n) is 1.59. The van der Waals surface area contributed by atoms with E-state index in [0.717, 1.165) is 0 Å². The molecular weight excluding hydrogens is 197 g/mol. The summed E-state index contributed by atoms with van der Waals surface area (Å²) in [6.45, 7) is 0. The van der Waals surface area contributed by atoms with Crippen LogP contribution in [0.3, 0.4) is 0 Å². The lowest BCUT2D eigenvalue weighted by molar-refractivity contribution is 0.353. The van der Waals surface area contributed by atoms with Crippen LogP contribution in [0.5, 0.6) is 5.75 Å². The Morgan fingerprint density at radius 2 is 2.23 bits per heavy atom. The van der Waals surface area contributed by atoms with Crippen molar-refractivity contribution in [2.45, 2.75) is 0 Å². The minimum Gasteiger partial charge on any atom is -0.470 e. The molecule has 0 atom stereocenters. The Labute approximate surface area is 74.4 Å². The predicted octanol–water partition coefficient (Wildman–Crippen LogP) is 0.917. The minimum absolute atomic E-state index is 0.0441. The maximum Gasteiger partial charge on any atom is 0.268 e. The van der Waals surface area contributed by atoms with Gasteiger partial charge in [-0.2, -0.15) is 0 Å². The molecule has 1 aromatic carbocycles. The molecule has 0 unspecified atom stereocenters. The fourth-order valence-corrected chi connectivity index (χ4v) is 1.90. The van der Waals surface area contributed by atoms with Gasteiger partial charge in [0.25, 0.3) is 10.0 Å². The Hall–Kier alpha value is -1.30. The molecule has 2 rings (SSSR count). The van der Waals surface area contributed by atoms with E-state index in [1.165, 1.54) is 18.2 Å². The number of hydrogen-bond acceptors (Lipinski definition) is 3. The quantitative estimate of drug-likeness (QED) is 0.682. The van der Waals surface area contributed by atoms with Crippen molar-refractivity contribution in [3.05, 3.63) is 24.0 Å². The number of benzene rings is 1. The lowest BCUT2D eigenvalue weighted by Gasteiger charge is -2.18. The summed E-state index contributed by atoms with van der Waals surface area (Å²) in [7, 11) is -3.45. The molecule has 0 fully saturated rings. The van der Waals surface area contributed by atoms with Crippen LogP contribution in [-0.4, -0.2) is 14.4 Å². The second kappa shape index (κ2) is 2.59. The highest BCUT2D eigenvalue weighted by molar-refractivity contribution is 7.92. The van der Waals surface area contributed by atoms with Gasteiger partial charge in [-0.1, -0.05) is 6.07 Å². The van der Waals surface area contributed by atoms with Gasteiger partial charge in [0.05, 0.1) is 5.69 Å². The zero-order valence-electron chi connectivity index (χ0n) is 6.45. The number of ether oxygens (including phenoxy) is 1. The third-order valence-corrected chi connectivity index (χ3v) is 2.55. The molecule has 1 aliphatic rings. The van der Waals surface area contributed by atoms with Gasteiger partial charge in [-0.25, -0.2) is 12.8 Å². The van der Waals surface area contributed by atoms with E-state index in [2.05, 4.69) is 4.72 Å². The minimum atomic E-state index is -3.45. The summed E-state index contributed by atoms with van der Waals surface area (Å²) in [6, 6.07) is 4.05. The Kier molecular flexibility index (Phi) is 1.66. The molecule has 0 saturated carbocycles. The van der Waals surface area contributed by atoms with E-state index in [1.54, 1.807) is 0 Å². The lowest BCUT2D eigenvalue weighted by Crippen LogP contribution is -2.25. The first kappa shape index (κ1) is 8.31. The van der Waals surface area contributed by atoms with Gasteiger partial charge in [0.1, 0.15) is 0 Å². The second-order valence-electron chi connectivity index (χ2n) is 2.60. The molecule has 6 heteroatoms. The molecular formula is C7H6FNO3S. The summed E-state index contributed by atoms with van der Waals surface area (Å²) < 4.78 is 41.8. The van der Waals surface area contributed by atoms with Gasteiger partial charge in [0.2, 0.25) is 5.94 Å². The van der Waals surface area contributed by atoms with Gasteiger partial charge in [0, 0.05) is 0 Å². The molecule has 1 aliphatic heterocycles. The van der Waals surface area contributed by atoms with Crippen LogP contribution in [0.4, 0.5) is 10.1 Å². The van der Waals surface area contributed by atoms with Crippen molar-refractivity contribution >= 4 is 15.7 Å². The molecule has 1 N–H and O–H groups in total. The number of halogens is 1. The highest BCUT2D eigenvalue weighted by Gasteiger charge is 2.23. The second-order valence-corrected chi connectivity index (χ2v) is 4.26. The number of hydrogen-bond donors (Lipinski definition) is 1. The molecule has 0 radical (unpaired) electrons. The first-order chi connectivity index (χ1) is 6.08. The van der Waals surface area contributed by atoms with Crippen LogP contribution in [0.25, 0.3) is 0 Å². The number of anilines is 1. The molecule has 0 aliphatic carbocycles. The van der Waals surface area contributed by atoms with E-state index in [9.17, 15) is 12.8 Å². The van der Waals surface area contributed by atoms with Crippen LogP contribution in [0, 0.1) is 5.82 Å². The summed E-state index contributed by atoms with van der Waals surface area (Å²) >= 11 is 0. The van der Waals surface area contributed by atoms with Gasteiger partial charge in [-0.05, 0) is 12.1 Å². The molecule has 13 heavy (non-hydrogen) atoms. The number of nitrogens with one attached hydrogen (secondary N) is 1. The van der Waals surface area contributed by atoms with Gasteiger partial charge in [-0.3, -0.25) is 4.72 Å². The fourth-order valence-electron chi connectivity index (χ4n) is 1.07. The standard InChI is InChI=1S/C7H6FNO3S/c8-5-2-1-3-6-7(5)12-4-13(10,11)9-6/h1-3,9H,4H2. The first-order valence-corrected chi connectivity index (χ1v) is 5.15. The maximum atomic E-state index is 13.0. The van der Waals surface area contributed by atoms with Crippen LogP contribution in [-0.2, 0) is 10.0 Å². The molecule has 0 aromatic heterocycles. The smallest absolute Gasteiger partial charge is 0.268 e. The van der Waals surface area contributed by atoms with Gasteiger partial charge in [0.15, 0.2) is 11.6 Å². The van der Waals surface area contributed by atoms with Crippen LogP contribution < -0.4 is 9.46 Å². The lowest BCUT2D eigenvalue weighted by atomic mass is 10.3. The predicted molar refractivity (Wildman–Crippen MR) is 44.4 cm³/mol. The van der Waals surface area contributed by atoms with Gasteiger partial charge in [-0.15, -0.1) is 0 Å². The van der Waals surface area contributed by atoms with E-state index in [4.69, 9.17) is 4.74 Å². The number of para-hydroxylation sites is 1. The Morgan fingerprint density at radius 3 is 3.00 bits per heavy atom. The number of sulfonamides is 1. The zero-order chi connectivity index (χ0) is 9.47. The van der Waals surface area contributed by atoms with Crippen molar-refractivity contribution in [1.82, 2.24) is 0 Å². The third kappa shape index (κ3) is 1.44. The highest BCUT2D eigenvalue weighted by Crippen LogP contribution is 2.31. The summed E-state index contributed by atoms with van der Waals surface area (Å²) in [5.41, 5.74) is 0.145. The largest absolute Gasteiger partial charge is 0.470 e. The Bertz CT molecular complexity index is 443. The molecule has 0 spiro atoms. The molecule has 70 valence electrons. The molecule has 0 saturated heterocycles. The molecule has 0 bridgehead atoms. The average molecular weight is 203 g/mol. The Balaban J connectivity index is 2.54. The van der Waals surface area contributed by atoms with Gasteiger partial charge >= 0.3 is 0 Å². The molecule has 1 aromatic rings. The summed E-state index contributed by atoms with van der Waals surface area (Å²) in [4.78, 5) is 0. The number of fused-ring (bicyclic) bond motifs is 1. The van der Waals surface area contributed by atoms with E-state index in [-0.39, 0.29) is 11.4 Å². The molecule has 4 nitrogen and oxygen atoms in total. The van der Waals surface area contributed by atoms with Crippen LogP contribution in [0.1, 0.15) is 0 Å². The van der Waals surface area contributed by atoms with Crippen molar-refractivity contribution in [2.75, 3.05) is 10.7 Å². The zero-order valence-corrected chi connectivity index (χ0v) is 7.27. The van der Waals surface area contributed by atoms with Crippen molar-refractivity contribution in [1.29, 1.82) is 0 Å². The van der Waals surface area contributed by atoms with E-state index >= 15 is 0 Å². The summed E-state index contributed by atoms with van der Waals surface area (Å²) in [6.07, 6.45) is 0.